The molecular formula is C12H15N5O2. The van der Waals surface area contributed by atoms with Crippen molar-refractivity contribution in [2.45, 2.75) is 6.42 Å². The lowest BCUT2D eigenvalue weighted by molar-refractivity contribution is 0.0963. The van der Waals surface area contributed by atoms with E-state index in [9.17, 15) is 4.79 Å². The van der Waals surface area contributed by atoms with Crippen LogP contribution in [-0.2, 0) is 6.42 Å². The number of nitrogens with two attached hydrogens (primary N) is 1. The molecule has 0 radical (unpaired) electrons. The second-order valence-electron chi connectivity index (χ2n) is 3.89. The Morgan fingerprint density at radius 2 is 2.32 bits per heavy atom. The van der Waals surface area contributed by atoms with E-state index < -0.39 is 0 Å². The average Bonchev–Trinajstić information content (AvgIpc) is 2.93. The molecule has 0 aliphatic heterocycles. The Morgan fingerprint density at radius 3 is 2.95 bits per heavy atom. The number of nitrogens with zero attached hydrogens (tertiary/aromatic N) is 2. The van der Waals surface area contributed by atoms with Gasteiger partial charge in [0.2, 0.25) is 5.89 Å². The van der Waals surface area contributed by atoms with E-state index in [2.05, 4.69) is 20.8 Å². The molecule has 0 unspecified atom stereocenters. The molecule has 2 aromatic rings. The number of carbonyl (C=O) groups excluding carboxylic acids is 1. The van der Waals surface area contributed by atoms with Crippen LogP contribution in [0.15, 0.2) is 29.0 Å². The van der Waals surface area contributed by atoms with Crippen LogP contribution < -0.4 is 16.4 Å². The lowest BCUT2D eigenvalue weighted by atomic mass is 10.1. The zero-order chi connectivity index (χ0) is 13.7. The fourth-order valence-electron chi connectivity index (χ4n) is 1.62. The summed E-state index contributed by atoms with van der Waals surface area (Å²) in [6, 6.07) is 5.12. The molecule has 0 aliphatic carbocycles. The Kier molecular flexibility index (Phi) is 3.97. The molecule has 0 bridgehead atoms. The summed E-state index contributed by atoms with van der Waals surface area (Å²) in [5, 5.41) is 9.22. The van der Waals surface area contributed by atoms with Crippen molar-refractivity contribution in [2.24, 2.45) is 0 Å². The third-order valence-corrected chi connectivity index (χ3v) is 2.60. The Morgan fingerprint density at radius 1 is 1.47 bits per heavy atom. The van der Waals surface area contributed by atoms with Crippen molar-refractivity contribution in [2.75, 3.05) is 24.6 Å². The van der Waals surface area contributed by atoms with Crippen molar-refractivity contribution in [1.82, 2.24) is 15.5 Å². The number of anilines is 2. The lowest BCUT2D eigenvalue weighted by Gasteiger charge is -2.09. The van der Waals surface area contributed by atoms with E-state index in [1.807, 2.05) is 0 Å². The van der Waals surface area contributed by atoms with Gasteiger partial charge in [0.25, 0.3) is 5.91 Å². The first-order valence-corrected chi connectivity index (χ1v) is 5.81. The molecule has 0 aliphatic rings. The minimum absolute atomic E-state index is 0.163. The van der Waals surface area contributed by atoms with Crippen molar-refractivity contribution in [1.29, 1.82) is 0 Å². The van der Waals surface area contributed by atoms with E-state index in [4.69, 9.17) is 10.3 Å². The Labute approximate surface area is 110 Å². The Balaban J connectivity index is 1.95. The fourth-order valence-corrected chi connectivity index (χ4v) is 1.62. The van der Waals surface area contributed by atoms with Crippen LogP contribution in [0.1, 0.15) is 16.2 Å². The van der Waals surface area contributed by atoms with Gasteiger partial charge < -0.3 is 20.9 Å². The van der Waals surface area contributed by atoms with Gasteiger partial charge in [0.15, 0.2) is 6.33 Å². The van der Waals surface area contributed by atoms with Crippen LogP contribution in [-0.4, -0.2) is 29.6 Å². The molecule has 1 amide bonds. The SMILES string of the molecule is CNC(=O)c1ccc(NCCc2ncno2)c(N)c1. The molecule has 7 heteroatoms. The van der Waals surface area contributed by atoms with Gasteiger partial charge in [-0.25, -0.2) is 0 Å². The second kappa shape index (κ2) is 5.85. The third kappa shape index (κ3) is 3.21. The molecule has 19 heavy (non-hydrogen) atoms. The number of amides is 1. The van der Waals surface area contributed by atoms with Crippen LogP contribution in [0.3, 0.4) is 0 Å². The number of nitrogen functional groups attached to an aromatic ring is 1. The molecule has 1 heterocycles. The molecule has 0 saturated heterocycles. The molecule has 2 rings (SSSR count). The fraction of sp³-hybridized carbons (Fsp3) is 0.250. The number of carbonyl (C=O) groups is 1. The lowest BCUT2D eigenvalue weighted by Crippen LogP contribution is -2.18. The van der Waals surface area contributed by atoms with Crippen LogP contribution in [0.5, 0.6) is 0 Å². The third-order valence-electron chi connectivity index (χ3n) is 2.60. The van der Waals surface area contributed by atoms with Crippen LogP contribution in [0.2, 0.25) is 0 Å². The highest BCUT2D eigenvalue weighted by Crippen LogP contribution is 2.19. The molecule has 0 atom stereocenters. The number of rotatable bonds is 5. The number of hydrogen-bond acceptors (Lipinski definition) is 6. The Hall–Kier alpha value is -2.57. The zero-order valence-corrected chi connectivity index (χ0v) is 10.5. The molecular weight excluding hydrogens is 246 g/mol. The monoisotopic (exact) mass is 261 g/mol. The topological polar surface area (TPSA) is 106 Å². The average molecular weight is 261 g/mol. The first-order valence-electron chi connectivity index (χ1n) is 5.81. The quantitative estimate of drug-likeness (QED) is 0.683. The summed E-state index contributed by atoms with van der Waals surface area (Å²) in [6.45, 7) is 0.617. The second-order valence-corrected chi connectivity index (χ2v) is 3.89. The summed E-state index contributed by atoms with van der Waals surface area (Å²) >= 11 is 0. The number of aromatic nitrogens is 2. The van der Waals surface area contributed by atoms with Gasteiger partial charge in [0, 0.05) is 25.6 Å². The van der Waals surface area contributed by atoms with E-state index in [1.165, 1.54) is 6.33 Å². The van der Waals surface area contributed by atoms with Crippen molar-refractivity contribution in [3.05, 3.63) is 36.0 Å². The Bertz CT molecular complexity index is 553. The van der Waals surface area contributed by atoms with Crippen molar-refractivity contribution in [3.8, 4) is 0 Å². The minimum atomic E-state index is -0.163. The first kappa shape index (κ1) is 12.9. The highest BCUT2D eigenvalue weighted by Gasteiger charge is 2.06. The standard InChI is InChI=1S/C12H15N5O2/c1-14-12(18)8-2-3-10(9(13)6-8)15-5-4-11-16-7-17-19-11/h2-3,6-7,15H,4-5,13H2,1H3,(H,14,18). The van der Waals surface area contributed by atoms with Crippen molar-refractivity contribution in [3.63, 3.8) is 0 Å². The predicted octanol–water partition coefficient (Wildman–Crippen LogP) is 0.666. The molecule has 1 aromatic carbocycles. The van der Waals surface area contributed by atoms with Crippen LogP contribution >= 0.6 is 0 Å². The van der Waals surface area contributed by atoms with Gasteiger partial charge in [-0.2, -0.15) is 4.98 Å². The molecule has 4 N–H and O–H groups in total. The van der Waals surface area contributed by atoms with E-state index in [0.717, 1.165) is 5.69 Å². The zero-order valence-electron chi connectivity index (χ0n) is 10.5. The van der Waals surface area contributed by atoms with E-state index in [-0.39, 0.29) is 5.91 Å². The minimum Gasteiger partial charge on any atom is -0.397 e. The van der Waals surface area contributed by atoms with Crippen molar-refractivity contribution < 1.29 is 9.32 Å². The van der Waals surface area contributed by atoms with Gasteiger partial charge in [-0.1, -0.05) is 5.16 Å². The molecule has 1 aromatic heterocycles. The molecule has 100 valence electrons. The summed E-state index contributed by atoms with van der Waals surface area (Å²) < 4.78 is 4.88. The van der Waals surface area contributed by atoms with Gasteiger partial charge in [-0.15, -0.1) is 0 Å². The number of hydrogen-bond donors (Lipinski definition) is 3. The van der Waals surface area contributed by atoms with E-state index in [1.54, 1.807) is 25.2 Å². The molecule has 0 spiro atoms. The largest absolute Gasteiger partial charge is 0.397 e. The van der Waals surface area contributed by atoms with E-state index in [0.29, 0.717) is 30.1 Å². The summed E-state index contributed by atoms with van der Waals surface area (Å²) in [5.74, 6) is 0.400. The highest BCUT2D eigenvalue weighted by molar-refractivity contribution is 5.95. The van der Waals surface area contributed by atoms with Crippen LogP contribution in [0.25, 0.3) is 0 Å². The summed E-state index contributed by atoms with van der Waals surface area (Å²) in [5.41, 5.74) is 7.70. The predicted molar refractivity (Wildman–Crippen MR) is 70.7 cm³/mol. The number of benzene rings is 1. The highest BCUT2D eigenvalue weighted by atomic mass is 16.5. The maximum atomic E-state index is 11.4. The van der Waals surface area contributed by atoms with Gasteiger partial charge in [-0.3, -0.25) is 4.79 Å². The van der Waals surface area contributed by atoms with Crippen LogP contribution in [0, 0.1) is 0 Å². The van der Waals surface area contributed by atoms with E-state index >= 15 is 0 Å². The van der Waals surface area contributed by atoms with Gasteiger partial charge in [0.05, 0.1) is 11.4 Å². The molecule has 0 saturated carbocycles. The van der Waals surface area contributed by atoms with Crippen molar-refractivity contribution >= 4 is 17.3 Å². The van der Waals surface area contributed by atoms with Gasteiger partial charge >= 0.3 is 0 Å². The van der Waals surface area contributed by atoms with Crippen LogP contribution in [0.4, 0.5) is 11.4 Å². The van der Waals surface area contributed by atoms with Gasteiger partial charge in [0.1, 0.15) is 0 Å². The smallest absolute Gasteiger partial charge is 0.251 e. The summed E-state index contributed by atoms with van der Waals surface area (Å²) in [7, 11) is 1.58. The molecule has 7 nitrogen and oxygen atoms in total. The molecule has 0 fully saturated rings. The normalized spacial score (nSPS) is 10.2. The van der Waals surface area contributed by atoms with Gasteiger partial charge in [-0.05, 0) is 18.2 Å². The number of nitrogens with one attached hydrogen (secondary N) is 2. The first-order chi connectivity index (χ1) is 9.20. The maximum Gasteiger partial charge on any atom is 0.251 e. The maximum absolute atomic E-state index is 11.4. The summed E-state index contributed by atoms with van der Waals surface area (Å²) in [4.78, 5) is 15.3. The summed E-state index contributed by atoms with van der Waals surface area (Å²) in [6.07, 6.45) is 1.97.